The van der Waals surface area contributed by atoms with Crippen LogP contribution in [0, 0.1) is 0 Å². The zero-order valence-electron chi connectivity index (χ0n) is 19.8. The first-order valence-corrected chi connectivity index (χ1v) is 11.5. The number of fused-ring (bicyclic) bond motifs is 1. The van der Waals surface area contributed by atoms with Crippen molar-refractivity contribution in [3.05, 3.63) is 59.4 Å². The third kappa shape index (κ3) is 5.20. The number of nitrogens with zero attached hydrogens (tertiary/aromatic N) is 3. The molecule has 1 amide bonds. The van der Waals surface area contributed by atoms with Crippen LogP contribution < -0.4 is 19.5 Å². The van der Waals surface area contributed by atoms with Crippen molar-refractivity contribution in [1.82, 2.24) is 25.9 Å². The Balaban J connectivity index is 1.52. The topological polar surface area (TPSA) is 111 Å². The van der Waals surface area contributed by atoms with Crippen LogP contribution in [-0.2, 0) is 10.3 Å². The number of hydrogen-bond acceptors (Lipinski definition) is 7. The Bertz CT molecular complexity index is 1390. The van der Waals surface area contributed by atoms with Crippen molar-refractivity contribution in [2.75, 3.05) is 13.4 Å². The molecular formula is C24H19F6N5O4. The number of nitrogens with one attached hydrogen (secondary N) is 2. The van der Waals surface area contributed by atoms with Gasteiger partial charge in [0, 0.05) is 12.8 Å². The van der Waals surface area contributed by atoms with E-state index in [1.807, 2.05) is 0 Å². The molecule has 1 aromatic heterocycles. The number of alkyl halides is 6. The molecule has 3 heterocycles. The molecule has 2 aliphatic rings. The average molecular weight is 555 g/mol. The van der Waals surface area contributed by atoms with Gasteiger partial charge in [0.2, 0.25) is 12.6 Å². The number of hydrogen-bond donors (Lipinski definition) is 2. The van der Waals surface area contributed by atoms with Gasteiger partial charge in [-0.3, -0.25) is 4.79 Å². The molecule has 5 rings (SSSR count). The summed E-state index contributed by atoms with van der Waals surface area (Å²) in [4.78, 5) is 13.3. The molecule has 3 aromatic rings. The highest BCUT2D eigenvalue weighted by Gasteiger charge is 2.60. The van der Waals surface area contributed by atoms with Gasteiger partial charge >= 0.3 is 12.4 Å². The van der Waals surface area contributed by atoms with Gasteiger partial charge in [-0.05, 0) is 52.6 Å². The Morgan fingerprint density at radius 3 is 2.41 bits per heavy atom. The third-order valence-corrected chi connectivity index (χ3v) is 6.29. The number of aromatic nitrogens is 4. The third-order valence-electron chi connectivity index (χ3n) is 6.29. The van der Waals surface area contributed by atoms with Gasteiger partial charge in [0.25, 0.3) is 5.91 Å². The van der Waals surface area contributed by atoms with Gasteiger partial charge in [0.1, 0.15) is 5.75 Å². The molecule has 2 N–H and O–H groups in total. The van der Waals surface area contributed by atoms with Gasteiger partial charge in [-0.15, -0.1) is 10.2 Å². The lowest BCUT2D eigenvalue weighted by Crippen LogP contribution is -2.58. The molecule has 0 fully saturated rings. The van der Waals surface area contributed by atoms with Crippen molar-refractivity contribution >= 4 is 17.1 Å². The second kappa shape index (κ2) is 9.78. The van der Waals surface area contributed by atoms with Gasteiger partial charge in [-0.1, -0.05) is 18.2 Å². The quantitative estimate of drug-likeness (QED) is 0.325. The van der Waals surface area contributed by atoms with Crippen LogP contribution in [0.2, 0.25) is 0 Å². The fourth-order valence-corrected chi connectivity index (χ4v) is 4.43. The van der Waals surface area contributed by atoms with E-state index in [-0.39, 0.29) is 53.7 Å². The Hall–Kier alpha value is -4.30. The molecule has 0 aliphatic carbocycles. The Morgan fingerprint density at radius 1 is 1.00 bits per heavy atom. The first-order valence-electron chi connectivity index (χ1n) is 11.5. The molecule has 0 bridgehead atoms. The normalized spacial score (nSPS) is 19.3. The number of H-pyrrole nitrogens is 1. The molecular weight excluding hydrogens is 536 g/mol. The van der Waals surface area contributed by atoms with E-state index in [2.05, 4.69) is 25.9 Å². The van der Waals surface area contributed by atoms with Crippen LogP contribution in [0.3, 0.4) is 0 Å². The highest BCUT2D eigenvalue weighted by atomic mass is 19.4. The molecule has 0 saturated heterocycles. The van der Waals surface area contributed by atoms with E-state index in [0.29, 0.717) is 11.5 Å². The van der Waals surface area contributed by atoms with Gasteiger partial charge in [-0.2, -0.15) is 31.6 Å². The van der Waals surface area contributed by atoms with Gasteiger partial charge in [-0.25, -0.2) is 0 Å². The molecule has 0 radical (unpaired) electrons. The molecule has 15 heteroatoms. The molecule has 2 aliphatic heterocycles. The summed E-state index contributed by atoms with van der Waals surface area (Å²) >= 11 is 0. The largest absolute Gasteiger partial charge is 0.494 e. The minimum Gasteiger partial charge on any atom is -0.494 e. The molecule has 1 atom stereocenters. The number of carbonyl (C=O) groups excluding carboxylic acids is 1. The first-order chi connectivity index (χ1) is 18.5. The summed E-state index contributed by atoms with van der Waals surface area (Å²) in [6.45, 7) is -0.335. The van der Waals surface area contributed by atoms with E-state index in [1.165, 1.54) is 30.3 Å². The van der Waals surface area contributed by atoms with Crippen molar-refractivity contribution in [3.8, 4) is 17.2 Å². The van der Waals surface area contributed by atoms with Crippen LogP contribution in [0.1, 0.15) is 36.2 Å². The standard InChI is InChI=1S/C24H19F6N5O4/c25-23(26,27)8-1-9-37-15-5-3-14(4-6-15)22(24(28,29)30)11-16(13-2-7-17-18(10-13)39-12-38-17)19(21(36)31-22)20-32-34-35-33-20/h2-7,10H,1,8-9,11-12H2,(H,31,36)(H,32,33,34,35). The maximum atomic E-state index is 14.8. The van der Waals surface area contributed by atoms with Crippen LogP contribution >= 0.6 is 0 Å². The minimum absolute atomic E-state index is 0.0109. The summed E-state index contributed by atoms with van der Waals surface area (Å²) < 4.78 is 97.4. The predicted molar refractivity (Wildman–Crippen MR) is 121 cm³/mol. The molecule has 0 saturated carbocycles. The van der Waals surface area contributed by atoms with Crippen LogP contribution in [0.5, 0.6) is 17.2 Å². The fourth-order valence-electron chi connectivity index (χ4n) is 4.43. The summed E-state index contributed by atoms with van der Waals surface area (Å²) in [5.74, 6) is -0.505. The van der Waals surface area contributed by atoms with Crippen LogP contribution in [0.15, 0.2) is 42.5 Å². The molecule has 2 aromatic carbocycles. The molecule has 206 valence electrons. The lowest BCUT2D eigenvalue weighted by molar-refractivity contribution is -0.201. The van der Waals surface area contributed by atoms with Gasteiger partial charge in [0.15, 0.2) is 17.0 Å². The van der Waals surface area contributed by atoms with E-state index in [0.717, 1.165) is 12.1 Å². The maximum absolute atomic E-state index is 14.8. The second-order valence-electron chi connectivity index (χ2n) is 8.78. The first kappa shape index (κ1) is 26.3. The number of rotatable bonds is 7. The average Bonchev–Trinajstić information content (AvgIpc) is 3.57. The van der Waals surface area contributed by atoms with Gasteiger partial charge < -0.3 is 19.5 Å². The summed E-state index contributed by atoms with van der Waals surface area (Å²) in [5.41, 5.74) is -3.13. The molecule has 9 nitrogen and oxygen atoms in total. The predicted octanol–water partition coefficient (Wildman–Crippen LogP) is 4.54. The summed E-state index contributed by atoms with van der Waals surface area (Å²) in [6.07, 6.45) is -11.4. The minimum atomic E-state index is -4.97. The van der Waals surface area contributed by atoms with Crippen LogP contribution in [0.25, 0.3) is 11.1 Å². The Morgan fingerprint density at radius 2 is 1.74 bits per heavy atom. The van der Waals surface area contributed by atoms with Crippen molar-refractivity contribution in [3.63, 3.8) is 0 Å². The highest BCUT2D eigenvalue weighted by molar-refractivity contribution is 6.27. The summed E-state index contributed by atoms with van der Waals surface area (Å²) in [7, 11) is 0. The lowest BCUT2D eigenvalue weighted by atomic mass is 9.76. The number of amides is 1. The van der Waals surface area contributed by atoms with E-state index in [4.69, 9.17) is 14.2 Å². The number of benzene rings is 2. The van der Waals surface area contributed by atoms with E-state index >= 15 is 0 Å². The summed E-state index contributed by atoms with van der Waals surface area (Å²) in [6, 6.07) is 9.14. The number of tetrazole rings is 1. The molecule has 39 heavy (non-hydrogen) atoms. The second-order valence-corrected chi connectivity index (χ2v) is 8.78. The van der Waals surface area contributed by atoms with E-state index in [1.54, 1.807) is 0 Å². The lowest BCUT2D eigenvalue weighted by Gasteiger charge is -2.41. The molecule has 0 spiro atoms. The van der Waals surface area contributed by atoms with E-state index in [9.17, 15) is 31.1 Å². The summed E-state index contributed by atoms with van der Waals surface area (Å²) in [5, 5.41) is 15.3. The zero-order valence-corrected chi connectivity index (χ0v) is 19.8. The smallest absolute Gasteiger partial charge is 0.416 e. The number of carbonyl (C=O) groups is 1. The van der Waals surface area contributed by atoms with Gasteiger partial charge in [0.05, 0.1) is 12.2 Å². The SMILES string of the molecule is O=C1NC(c2ccc(OCCCC(F)(F)F)cc2)(C(F)(F)F)CC(c2ccc3c(c2)OCO3)=C1c1nn[nH]n1. The fraction of sp³-hybridized carbons (Fsp3) is 0.333. The van der Waals surface area contributed by atoms with E-state index < -0.39 is 36.6 Å². The molecule has 1 unspecified atom stereocenters. The van der Waals surface area contributed by atoms with Crippen molar-refractivity contribution in [2.45, 2.75) is 37.2 Å². The monoisotopic (exact) mass is 555 g/mol. The number of halogens is 6. The number of aromatic amines is 1. The van der Waals surface area contributed by atoms with Crippen LogP contribution in [-0.4, -0.2) is 52.3 Å². The Kier molecular flexibility index (Phi) is 6.60. The number of ether oxygens (including phenoxy) is 3. The van der Waals surface area contributed by atoms with Crippen molar-refractivity contribution in [1.29, 1.82) is 0 Å². The Labute approximate surface area is 216 Å². The van der Waals surface area contributed by atoms with Crippen LogP contribution in [0.4, 0.5) is 26.3 Å². The van der Waals surface area contributed by atoms with Crippen molar-refractivity contribution in [2.24, 2.45) is 0 Å². The van der Waals surface area contributed by atoms with Crippen molar-refractivity contribution < 1.29 is 45.3 Å². The maximum Gasteiger partial charge on any atom is 0.416 e. The highest BCUT2D eigenvalue weighted by Crippen LogP contribution is 2.50. The zero-order chi connectivity index (χ0) is 27.8.